The van der Waals surface area contributed by atoms with Crippen LogP contribution in [0, 0.1) is 0 Å². The standard InChI is InChI=1S/C13H17NO6S/c1-9(12(15)14-7-8-20-2)21(18,19)11-5-3-10(4-6-11)13(16)17/h3-6,9H,7-8H2,1-2H3,(H,14,15)(H,16,17). The molecule has 1 unspecified atom stereocenters. The zero-order chi connectivity index (χ0) is 16.0. The molecule has 21 heavy (non-hydrogen) atoms. The van der Waals surface area contributed by atoms with E-state index < -0.39 is 27.0 Å². The van der Waals surface area contributed by atoms with Crippen LogP contribution < -0.4 is 5.32 Å². The van der Waals surface area contributed by atoms with E-state index in [0.29, 0.717) is 0 Å². The summed E-state index contributed by atoms with van der Waals surface area (Å²) in [6.45, 7) is 1.78. The first-order valence-corrected chi connectivity index (χ1v) is 7.69. The fraction of sp³-hybridized carbons (Fsp3) is 0.385. The first kappa shape index (κ1) is 17.1. The monoisotopic (exact) mass is 315 g/mol. The van der Waals surface area contributed by atoms with Crippen molar-refractivity contribution >= 4 is 21.7 Å². The van der Waals surface area contributed by atoms with Crippen molar-refractivity contribution in [2.24, 2.45) is 0 Å². The van der Waals surface area contributed by atoms with E-state index in [1.807, 2.05) is 0 Å². The number of carboxylic acids is 1. The van der Waals surface area contributed by atoms with E-state index in [-0.39, 0.29) is 23.6 Å². The molecule has 0 aromatic heterocycles. The quantitative estimate of drug-likeness (QED) is 0.701. The molecule has 116 valence electrons. The molecule has 2 N–H and O–H groups in total. The largest absolute Gasteiger partial charge is 0.478 e. The van der Waals surface area contributed by atoms with Crippen molar-refractivity contribution in [2.45, 2.75) is 17.1 Å². The van der Waals surface area contributed by atoms with Crippen LogP contribution in [-0.4, -0.2) is 50.9 Å². The number of benzene rings is 1. The Labute approximate surface area is 122 Å². The van der Waals surface area contributed by atoms with Gasteiger partial charge in [-0.05, 0) is 31.2 Å². The average Bonchev–Trinajstić information content (AvgIpc) is 2.46. The second-order valence-electron chi connectivity index (χ2n) is 4.30. The summed E-state index contributed by atoms with van der Waals surface area (Å²) in [7, 11) is -2.40. The molecule has 0 radical (unpaired) electrons. The van der Waals surface area contributed by atoms with Crippen LogP contribution in [-0.2, 0) is 19.4 Å². The van der Waals surface area contributed by atoms with Gasteiger partial charge in [0, 0.05) is 13.7 Å². The number of carboxylic acid groups (broad SMARTS) is 1. The highest BCUT2D eigenvalue weighted by Crippen LogP contribution is 2.17. The minimum Gasteiger partial charge on any atom is -0.478 e. The lowest BCUT2D eigenvalue weighted by atomic mass is 10.2. The molecule has 1 rings (SSSR count). The lowest BCUT2D eigenvalue weighted by Crippen LogP contribution is -2.39. The molecule has 0 heterocycles. The number of hydrogen-bond donors (Lipinski definition) is 2. The van der Waals surface area contributed by atoms with Gasteiger partial charge in [-0.15, -0.1) is 0 Å². The third-order valence-electron chi connectivity index (χ3n) is 2.87. The lowest BCUT2D eigenvalue weighted by Gasteiger charge is -2.13. The Morgan fingerprint density at radius 1 is 1.29 bits per heavy atom. The minimum absolute atomic E-state index is 0.0221. The zero-order valence-electron chi connectivity index (χ0n) is 11.7. The zero-order valence-corrected chi connectivity index (χ0v) is 12.5. The number of amides is 1. The Kier molecular flexibility index (Phi) is 5.86. The molecule has 1 amide bonds. The second-order valence-corrected chi connectivity index (χ2v) is 6.57. The van der Waals surface area contributed by atoms with Crippen molar-refractivity contribution in [3.05, 3.63) is 29.8 Å². The number of hydrogen-bond acceptors (Lipinski definition) is 5. The molecule has 0 spiro atoms. The van der Waals surface area contributed by atoms with Gasteiger partial charge in [0.05, 0.1) is 17.1 Å². The number of nitrogens with one attached hydrogen (secondary N) is 1. The molecule has 1 aromatic carbocycles. The minimum atomic E-state index is -3.86. The molecule has 0 aliphatic rings. The average molecular weight is 315 g/mol. The van der Waals surface area contributed by atoms with E-state index in [0.717, 1.165) is 0 Å². The Bertz CT molecular complexity index is 608. The molecular weight excluding hydrogens is 298 g/mol. The van der Waals surface area contributed by atoms with Gasteiger partial charge in [0.1, 0.15) is 5.25 Å². The summed E-state index contributed by atoms with van der Waals surface area (Å²) >= 11 is 0. The molecule has 7 nitrogen and oxygen atoms in total. The SMILES string of the molecule is COCCNC(=O)C(C)S(=O)(=O)c1ccc(C(=O)O)cc1. The summed E-state index contributed by atoms with van der Waals surface area (Å²) in [5.41, 5.74) is -0.0221. The molecule has 0 fully saturated rings. The van der Waals surface area contributed by atoms with E-state index >= 15 is 0 Å². The molecule has 0 saturated heterocycles. The van der Waals surface area contributed by atoms with Crippen LogP contribution in [0.25, 0.3) is 0 Å². The van der Waals surface area contributed by atoms with Gasteiger partial charge < -0.3 is 15.2 Å². The highest BCUT2D eigenvalue weighted by Gasteiger charge is 2.29. The van der Waals surface area contributed by atoms with Gasteiger partial charge in [-0.1, -0.05) is 0 Å². The van der Waals surface area contributed by atoms with Crippen molar-refractivity contribution in [2.75, 3.05) is 20.3 Å². The van der Waals surface area contributed by atoms with Gasteiger partial charge in [-0.25, -0.2) is 13.2 Å². The van der Waals surface area contributed by atoms with Gasteiger partial charge >= 0.3 is 5.97 Å². The Morgan fingerprint density at radius 3 is 2.33 bits per heavy atom. The Morgan fingerprint density at radius 2 is 1.86 bits per heavy atom. The number of carbonyl (C=O) groups excluding carboxylic acids is 1. The van der Waals surface area contributed by atoms with Crippen molar-refractivity contribution in [3.63, 3.8) is 0 Å². The third kappa shape index (κ3) is 4.27. The Hall–Kier alpha value is -1.93. The number of carbonyl (C=O) groups is 2. The fourth-order valence-electron chi connectivity index (χ4n) is 1.55. The van der Waals surface area contributed by atoms with Crippen LogP contribution in [0.3, 0.4) is 0 Å². The van der Waals surface area contributed by atoms with Crippen LogP contribution in [0.2, 0.25) is 0 Å². The van der Waals surface area contributed by atoms with Gasteiger partial charge in [0.2, 0.25) is 5.91 Å². The predicted octanol–water partition coefficient (Wildman–Crippen LogP) is 0.310. The molecule has 1 aromatic rings. The van der Waals surface area contributed by atoms with Crippen LogP contribution >= 0.6 is 0 Å². The summed E-state index contributed by atoms with van der Waals surface area (Å²) < 4.78 is 29.3. The van der Waals surface area contributed by atoms with Gasteiger partial charge in [0.25, 0.3) is 0 Å². The number of methoxy groups -OCH3 is 1. The summed E-state index contributed by atoms with van der Waals surface area (Å²) in [6.07, 6.45) is 0. The first-order valence-electron chi connectivity index (χ1n) is 6.14. The van der Waals surface area contributed by atoms with Crippen LogP contribution in [0.15, 0.2) is 29.2 Å². The van der Waals surface area contributed by atoms with Gasteiger partial charge in [0.15, 0.2) is 9.84 Å². The van der Waals surface area contributed by atoms with Crippen molar-refractivity contribution < 1.29 is 27.9 Å². The van der Waals surface area contributed by atoms with E-state index in [4.69, 9.17) is 9.84 Å². The molecular formula is C13H17NO6S. The number of sulfone groups is 1. The normalized spacial score (nSPS) is 12.7. The number of aromatic carboxylic acids is 1. The topological polar surface area (TPSA) is 110 Å². The summed E-state index contributed by atoms with van der Waals surface area (Å²) in [6, 6.07) is 4.73. The highest BCUT2D eigenvalue weighted by molar-refractivity contribution is 7.92. The van der Waals surface area contributed by atoms with Crippen LogP contribution in [0.5, 0.6) is 0 Å². The predicted molar refractivity (Wildman–Crippen MR) is 74.9 cm³/mol. The molecule has 0 bridgehead atoms. The molecule has 0 aliphatic heterocycles. The van der Waals surface area contributed by atoms with Crippen molar-refractivity contribution in [3.8, 4) is 0 Å². The number of rotatable bonds is 7. The lowest BCUT2D eigenvalue weighted by molar-refractivity contribution is -0.120. The van der Waals surface area contributed by atoms with Crippen molar-refractivity contribution in [1.82, 2.24) is 5.32 Å². The Balaban J connectivity index is 2.88. The maximum atomic E-state index is 12.2. The highest BCUT2D eigenvalue weighted by atomic mass is 32.2. The number of ether oxygens (including phenoxy) is 1. The van der Waals surface area contributed by atoms with Crippen LogP contribution in [0.4, 0.5) is 0 Å². The van der Waals surface area contributed by atoms with E-state index in [9.17, 15) is 18.0 Å². The molecule has 0 aliphatic carbocycles. The maximum Gasteiger partial charge on any atom is 0.335 e. The summed E-state index contributed by atoms with van der Waals surface area (Å²) in [5.74, 6) is -1.78. The van der Waals surface area contributed by atoms with E-state index in [1.165, 1.54) is 38.3 Å². The maximum absolute atomic E-state index is 12.2. The second kappa shape index (κ2) is 7.19. The van der Waals surface area contributed by atoms with E-state index in [1.54, 1.807) is 0 Å². The molecule has 8 heteroatoms. The smallest absolute Gasteiger partial charge is 0.335 e. The van der Waals surface area contributed by atoms with E-state index in [2.05, 4.69) is 5.32 Å². The molecule has 1 atom stereocenters. The van der Waals surface area contributed by atoms with Crippen molar-refractivity contribution in [1.29, 1.82) is 0 Å². The molecule has 0 saturated carbocycles. The van der Waals surface area contributed by atoms with Gasteiger partial charge in [-0.3, -0.25) is 4.79 Å². The summed E-state index contributed by atoms with van der Waals surface area (Å²) in [5, 5.41) is 9.95. The van der Waals surface area contributed by atoms with Gasteiger partial charge in [-0.2, -0.15) is 0 Å². The third-order valence-corrected chi connectivity index (χ3v) is 4.94. The first-order chi connectivity index (χ1) is 9.80. The van der Waals surface area contributed by atoms with Crippen LogP contribution in [0.1, 0.15) is 17.3 Å². The summed E-state index contributed by atoms with van der Waals surface area (Å²) in [4.78, 5) is 22.4. The fourth-order valence-corrected chi connectivity index (χ4v) is 2.84.